The van der Waals surface area contributed by atoms with E-state index in [4.69, 9.17) is 5.73 Å². The Morgan fingerprint density at radius 2 is 2.06 bits per heavy atom. The van der Waals surface area contributed by atoms with E-state index in [0.717, 1.165) is 26.1 Å². The minimum absolute atomic E-state index is 0.666. The molecule has 2 aromatic rings. The number of anilines is 3. The van der Waals surface area contributed by atoms with Crippen LogP contribution in [0.5, 0.6) is 0 Å². The van der Waals surface area contributed by atoms with E-state index >= 15 is 0 Å². The predicted molar refractivity (Wildman–Crippen MR) is 77.5 cm³/mol. The molecular weight excluding hydrogens is 348 g/mol. The van der Waals surface area contributed by atoms with Crippen molar-refractivity contribution in [2.24, 2.45) is 7.05 Å². The monoisotopic (exact) mass is 358 g/mol. The number of nitrogen functional groups attached to an aromatic ring is 1. The maximum absolute atomic E-state index is 5.97. The summed E-state index contributed by atoms with van der Waals surface area (Å²) in [6.45, 7) is 1.89. The van der Waals surface area contributed by atoms with Crippen LogP contribution in [0.15, 0.2) is 27.1 Å². The van der Waals surface area contributed by atoms with Crippen LogP contribution in [-0.2, 0) is 7.05 Å². The van der Waals surface area contributed by atoms with Crippen molar-refractivity contribution >= 4 is 49.1 Å². The molecule has 17 heavy (non-hydrogen) atoms. The van der Waals surface area contributed by atoms with Crippen LogP contribution in [0.2, 0.25) is 0 Å². The lowest BCUT2D eigenvalue weighted by molar-refractivity contribution is 0.765. The van der Waals surface area contributed by atoms with Crippen LogP contribution in [0, 0.1) is 6.92 Å². The van der Waals surface area contributed by atoms with Crippen molar-refractivity contribution in [3.05, 3.63) is 32.8 Å². The molecule has 0 aliphatic rings. The standard InChI is InChI=1S/C11H12Br2N4/c1-6-10(14)11(17(2)16-6)15-9-5-7(12)3-4-8(9)13/h3-5,15H,14H2,1-2H3. The van der Waals surface area contributed by atoms with E-state index in [1.54, 1.807) is 4.68 Å². The summed E-state index contributed by atoms with van der Waals surface area (Å²) in [6, 6.07) is 5.91. The molecule has 0 amide bonds. The maximum atomic E-state index is 5.97. The lowest BCUT2D eigenvalue weighted by Gasteiger charge is -2.10. The predicted octanol–water partition coefficient (Wildman–Crippen LogP) is 3.58. The highest BCUT2D eigenvalue weighted by molar-refractivity contribution is 9.11. The second kappa shape index (κ2) is 4.70. The molecule has 2 rings (SSSR count). The number of nitrogens with zero attached hydrogens (tertiary/aromatic N) is 2. The molecule has 0 unspecified atom stereocenters. The zero-order chi connectivity index (χ0) is 12.6. The van der Waals surface area contributed by atoms with E-state index < -0.39 is 0 Å². The van der Waals surface area contributed by atoms with Gasteiger partial charge in [0.2, 0.25) is 0 Å². The Labute approximate surface area is 116 Å². The first kappa shape index (κ1) is 12.4. The number of aryl methyl sites for hydroxylation is 2. The van der Waals surface area contributed by atoms with Crippen molar-refractivity contribution in [3.8, 4) is 0 Å². The average molecular weight is 360 g/mol. The molecule has 4 nitrogen and oxygen atoms in total. The molecule has 1 aromatic heterocycles. The Morgan fingerprint density at radius 1 is 1.35 bits per heavy atom. The first-order chi connectivity index (χ1) is 7.99. The average Bonchev–Trinajstić information content (AvgIpc) is 2.50. The molecule has 0 saturated heterocycles. The summed E-state index contributed by atoms with van der Waals surface area (Å²) in [5, 5.41) is 7.53. The molecule has 6 heteroatoms. The maximum Gasteiger partial charge on any atom is 0.152 e. The number of nitrogens with two attached hydrogens (primary N) is 1. The van der Waals surface area contributed by atoms with Crippen molar-refractivity contribution in [2.75, 3.05) is 11.1 Å². The van der Waals surface area contributed by atoms with Gasteiger partial charge in [-0.25, -0.2) is 0 Å². The summed E-state index contributed by atoms with van der Waals surface area (Å²) in [5.74, 6) is 0.793. The Kier molecular flexibility index (Phi) is 3.44. The zero-order valence-corrected chi connectivity index (χ0v) is 12.6. The molecule has 0 aliphatic heterocycles. The van der Waals surface area contributed by atoms with Gasteiger partial charge in [0, 0.05) is 16.0 Å². The highest BCUT2D eigenvalue weighted by Crippen LogP contribution is 2.31. The van der Waals surface area contributed by atoms with Crippen LogP contribution in [0.25, 0.3) is 0 Å². The van der Waals surface area contributed by atoms with Gasteiger partial charge < -0.3 is 11.1 Å². The lowest BCUT2D eigenvalue weighted by atomic mass is 10.3. The van der Waals surface area contributed by atoms with Crippen LogP contribution < -0.4 is 11.1 Å². The van der Waals surface area contributed by atoms with E-state index in [0.29, 0.717) is 5.69 Å². The summed E-state index contributed by atoms with van der Waals surface area (Å²) < 4.78 is 3.71. The minimum atomic E-state index is 0.666. The first-order valence-corrected chi connectivity index (χ1v) is 6.59. The number of hydrogen-bond donors (Lipinski definition) is 2. The van der Waals surface area contributed by atoms with E-state index in [1.165, 1.54) is 0 Å². The van der Waals surface area contributed by atoms with Crippen molar-refractivity contribution in [1.29, 1.82) is 0 Å². The van der Waals surface area contributed by atoms with Gasteiger partial charge in [-0.3, -0.25) is 4.68 Å². The summed E-state index contributed by atoms with van der Waals surface area (Å²) in [5.41, 5.74) is 8.39. The fraction of sp³-hybridized carbons (Fsp3) is 0.182. The highest BCUT2D eigenvalue weighted by atomic mass is 79.9. The van der Waals surface area contributed by atoms with Crippen LogP contribution in [-0.4, -0.2) is 9.78 Å². The molecule has 0 saturated carbocycles. The molecule has 0 aliphatic carbocycles. The van der Waals surface area contributed by atoms with Gasteiger partial charge in [-0.15, -0.1) is 0 Å². The minimum Gasteiger partial charge on any atom is -0.394 e. The molecule has 0 atom stereocenters. The number of nitrogens with one attached hydrogen (secondary N) is 1. The highest BCUT2D eigenvalue weighted by Gasteiger charge is 2.11. The Morgan fingerprint density at radius 3 is 2.65 bits per heavy atom. The Bertz CT molecular complexity index is 563. The summed E-state index contributed by atoms with van der Waals surface area (Å²) in [7, 11) is 1.86. The fourth-order valence-corrected chi connectivity index (χ4v) is 2.25. The molecule has 1 heterocycles. The first-order valence-electron chi connectivity index (χ1n) is 5.00. The molecular formula is C11H12Br2N4. The molecule has 0 fully saturated rings. The van der Waals surface area contributed by atoms with Crippen molar-refractivity contribution in [1.82, 2.24) is 9.78 Å². The van der Waals surface area contributed by atoms with E-state index in [-0.39, 0.29) is 0 Å². The van der Waals surface area contributed by atoms with E-state index in [9.17, 15) is 0 Å². The number of halogens is 2. The largest absolute Gasteiger partial charge is 0.394 e. The Balaban J connectivity index is 2.41. The van der Waals surface area contributed by atoms with Gasteiger partial charge in [-0.05, 0) is 41.1 Å². The molecule has 90 valence electrons. The smallest absolute Gasteiger partial charge is 0.152 e. The second-order valence-electron chi connectivity index (χ2n) is 3.72. The van der Waals surface area contributed by atoms with Gasteiger partial charge in [0.25, 0.3) is 0 Å². The third kappa shape index (κ3) is 2.47. The number of aromatic nitrogens is 2. The number of rotatable bonds is 2. The van der Waals surface area contributed by atoms with Crippen molar-refractivity contribution in [3.63, 3.8) is 0 Å². The summed E-state index contributed by atoms with van der Waals surface area (Å²) >= 11 is 6.93. The lowest BCUT2D eigenvalue weighted by Crippen LogP contribution is -2.01. The van der Waals surface area contributed by atoms with Gasteiger partial charge in [-0.1, -0.05) is 15.9 Å². The van der Waals surface area contributed by atoms with Crippen LogP contribution in [0.4, 0.5) is 17.2 Å². The molecule has 0 spiro atoms. The third-order valence-corrected chi connectivity index (χ3v) is 3.63. The number of benzene rings is 1. The van der Waals surface area contributed by atoms with Gasteiger partial charge >= 0.3 is 0 Å². The van der Waals surface area contributed by atoms with E-state index in [1.807, 2.05) is 32.2 Å². The normalized spacial score (nSPS) is 10.6. The molecule has 0 bridgehead atoms. The fourth-order valence-electron chi connectivity index (χ4n) is 1.54. The van der Waals surface area contributed by atoms with E-state index in [2.05, 4.69) is 42.3 Å². The van der Waals surface area contributed by atoms with Gasteiger partial charge in [0.05, 0.1) is 17.1 Å². The van der Waals surface area contributed by atoms with Crippen molar-refractivity contribution < 1.29 is 0 Å². The van der Waals surface area contributed by atoms with Gasteiger partial charge in [0.15, 0.2) is 5.82 Å². The molecule has 0 radical (unpaired) electrons. The quantitative estimate of drug-likeness (QED) is 0.861. The topological polar surface area (TPSA) is 55.9 Å². The molecule has 1 aromatic carbocycles. The second-order valence-corrected chi connectivity index (χ2v) is 5.49. The summed E-state index contributed by atoms with van der Waals surface area (Å²) in [4.78, 5) is 0. The molecule has 3 N–H and O–H groups in total. The number of hydrogen-bond acceptors (Lipinski definition) is 3. The zero-order valence-electron chi connectivity index (χ0n) is 9.46. The SMILES string of the molecule is Cc1nn(C)c(Nc2cc(Br)ccc2Br)c1N. The van der Waals surface area contributed by atoms with Crippen LogP contribution in [0.1, 0.15) is 5.69 Å². The van der Waals surface area contributed by atoms with Gasteiger partial charge in [-0.2, -0.15) is 5.10 Å². The van der Waals surface area contributed by atoms with Crippen LogP contribution >= 0.6 is 31.9 Å². The van der Waals surface area contributed by atoms with Crippen molar-refractivity contribution in [2.45, 2.75) is 6.92 Å². The van der Waals surface area contributed by atoms with Crippen LogP contribution in [0.3, 0.4) is 0 Å². The Hall–Kier alpha value is -1.01. The summed E-state index contributed by atoms with van der Waals surface area (Å²) in [6.07, 6.45) is 0. The third-order valence-electron chi connectivity index (χ3n) is 2.45. The van der Waals surface area contributed by atoms with Gasteiger partial charge in [0.1, 0.15) is 0 Å².